The number of aromatic nitrogens is 6. The van der Waals surface area contributed by atoms with Crippen molar-refractivity contribution in [2.75, 3.05) is 0 Å². The first-order valence-corrected chi connectivity index (χ1v) is 12.7. The third-order valence-electron chi connectivity index (χ3n) is 6.70. The topological polar surface area (TPSA) is 78.5 Å². The molecule has 0 aliphatic rings. The van der Waals surface area contributed by atoms with Gasteiger partial charge in [0.25, 0.3) is 5.56 Å². The highest BCUT2D eigenvalue weighted by Crippen LogP contribution is 2.60. The van der Waals surface area contributed by atoms with E-state index in [1.807, 2.05) is 0 Å². The van der Waals surface area contributed by atoms with Crippen molar-refractivity contribution in [3.63, 3.8) is 0 Å². The smallest absolute Gasteiger partial charge is 0.286 e. The molecule has 0 fully saturated rings. The van der Waals surface area contributed by atoms with Crippen LogP contribution in [0.5, 0.6) is 0 Å². The van der Waals surface area contributed by atoms with E-state index in [-0.39, 0.29) is 21.8 Å². The van der Waals surface area contributed by atoms with Gasteiger partial charge in [-0.15, -0.1) is 5.10 Å². The molecule has 0 saturated carbocycles. The number of rotatable bonds is 10. The SMILES string of the molecule is O=c1c2ccc(C(F)(F)F)nc2nc(-c2ccccc2)n1Cc1cn(CCC(F)(F)C(F)(F)C(F)(F)C(F)(F)C(F)(F)C(F)(F)F)nn1. The van der Waals surface area contributed by atoms with Gasteiger partial charge >= 0.3 is 42.0 Å². The minimum atomic E-state index is -8.03. The molecule has 0 aliphatic heterocycles. The molecule has 3 aromatic heterocycles. The second-order valence-corrected chi connectivity index (χ2v) is 9.98. The average Bonchev–Trinajstić information content (AvgIpc) is 3.43. The summed E-state index contributed by atoms with van der Waals surface area (Å²) in [6.07, 6.45) is -14.4. The Kier molecular flexibility index (Phi) is 8.79. The number of fused-ring (bicyclic) bond motifs is 1. The number of nitrogens with zero attached hydrogens (tertiary/aromatic N) is 6. The zero-order valence-corrected chi connectivity index (χ0v) is 22.9. The van der Waals surface area contributed by atoms with Gasteiger partial charge in [0.15, 0.2) is 5.65 Å². The minimum absolute atomic E-state index is 0.138. The van der Waals surface area contributed by atoms with E-state index in [1.54, 1.807) is 0 Å². The standard InChI is InChI=1S/C25H14F16N6O/c26-19(27,21(31,32)22(33,34)23(35,36)24(37,38)25(39,40)41)8-9-46-10-13(44-45-46)11-47-17(12-4-2-1-3-5-12)43-16-14(18(47)48)6-7-15(42-16)20(28,29)30/h1-7,10H,8-9,11H2. The quantitative estimate of drug-likeness (QED) is 0.162. The fraction of sp³-hybridized carbons (Fsp3) is 0.400. The van der Waals surface area contributed by atoms with Crippen LogP contribution in [-0.2, 0) is 19.3 Å². The predicted molar refractivity (Wildman–Crippen MR) is 129 cm³/mol. The van der Waals surface area contributed by atoms with Gasteiger partial charge in [-0.05, 0) is 12.1 Å². The van der Waals surface area contributed by atoms with Crippen LogP contribution in [0, 0.1) is 0 Å². The summed E-state index contributed by atoms with van der Waals surface area (Å²) in [5.41, 5.74) is -3.28. The van der Waals surface area contributed by atoms with Crippen molar-refractivity contribution in [1.82, 2.24) is 29.5 Å². The minimum Gasteiger partial charge on any atom is -0.286 e. The van der Waals surface area contributed by atoms with E-state index in [9.17, 15) is 75.0 Å². The van der Waals surface area contributed by atoms with Gasteiger partial charge in [-0.25, -0.2) is 9.97 Å². The summed E-state index contributed by atoms with van der Waals surface area (Å²) in [5.74, 6) is -38.0. The zero-order valence-electron chi connectivity index (χ0n) is 22.9. The third kappa shape index (κ3) is 6.01. The number of hydrogen-bond donors (Lipinski definition) is 0. The van der Waals surface area contributed by atoms with Gasteiger partial charge in [-0.3, -0.25) is 14.0 Å². The van der Waals surface area contributed by atoms with Crippen molar-refractivity contribution in [3.8, 4) is 11.4 Å². The predicted octanol–water partition coefficient (Wildman–Crippen LogP) is 7.25. The van der Waals surface area contributed by atoms with Crippen LogP contribution < -0.4 is 5.56 Å². The van der Waals surface area contributed by atoms with E-state index in [2.05, 4.69) is 20.3 Å². The second kappa shape index (κ2) is 11.6. The third-order valence-corrected chi connectivity index (χ3v) is 6.70. The van der Waals surface area contributed by atoms with Crippen molar-refractivity contribution >= 4 is 11.0 Å². The summed E-state index contributed by atoms with van der Waals surface area (Å²) in [4.78, 5) is 20.6. The van der Waals surface area contributed by atoms with Crippen molar-refractivity contribution in [2.45, 2.75) is 61.5 Å². The second-order valence-electron chi connectivity index (χ2n) is 9.98. The molecule has 0 unspecified atom stereocenters. The fourth-order valence-electron chi connectivity index (χ4n) is 4.11. The van der Waals surface area contributed by atoms with Gasteiger partial charge in [-0.1, -0.05) is 35.5 Å². The molecule has 3 heterocycles. The number of pyridine rings is 1. The molecule has 23 heteroatoms. The molecular formula is C25H14F16N6O. The molecule has 48 heavy (non-hydrogen) atoms. The Hall–Kier alpha value is -4.47. The van der Waals surface area contributed by atoms with Gasteiger partial charge in [0, 0.05) is 18.5 Å². The highest BCUT2D eigenvalue weighted by molar-refractivity contribution is 5.76. The Bertz CT molecular complexity index is 1850. The Morgan fingerprint density at radius 2 is 1.25 bits per heavy atom. The Morgan fingerprint density at radius 3 is 1.81 bits per heavy atom. The van der Waals surface area contributed by atoms with E-state index in [4.69, 9.17) is 0 Å². The summed E-state index contributed by atoms with van der Waals surface area (Å²) >= 11 is 0. The molecule has 1 aromatic carbocycles. The van der Waals surface area contributed by atoms with Crippen LogP contribution in [-0.4, -0.2) is 65.3 Å². The molecule has 7 nitrogen and oxygen atoms in total. The summed E-state index contributed by atoms with van der Waals surface area (Å²) in [6.45, 7) is -2.29. The van der Waals surface area contributed by atoms with Crippen LogP contribution in [0.3, 0.4) is 0 Å². The molecule has 0 amide bonds. The van der Waals surface area contributed by atoms with Gasteiger partial charge < -0.3 is 0 Å². The maximum Gasteiger partial charge on any atom is 0.460 e. The largest absolute Gasteiger partial charge is 0.460 e. The summed E-state index contributed by atoms with van der Waals surface area (Å²) < 4.78 is 215. The molecule has 0 saturated heterocycles. The first-order chi connectivity index (χ1) is 21.8. The summed E-state index contributed by atoms with van der Waals surface area (Å²) in [7, 11) is 0. The van der Waals surface area contributed by atoms with Crippen molar-refractivity contribution in [3.05, 3.63) is 70.4 Å². The highest BCUT2D eigenvalue weighted by atomic mass is 19.4. The molecule has 262 valence electrons. The van der Waals surface area contributed by atoms with Crippen LogP contribution in [0.1, 0.15) is 17.8 Å². The lowest BCUT2D eigenvalue weighted by Crippen LogP contribution is -2.70. The first-order valence-electron chi connectivity index (χ1n) is 12.7. The molecule has 4 rings (SSSR count). The van der Waals surface area contributed by atoms with E-state index in [0.29, 0.717) is 12.3 Å². The van der Waals surface area contributed by atoms with Gasteiger partial charge in [0.2, 0.25) is 0 Å². The Balaban J connectivity index is 1.63. The summed E-state index contributed by atoms with van der Waals surface area (Å²) in [6, 6.07) is 8.41. The van der Waals surface area contributed by atoms with E-state index in [0.717, 1.165) is 10.6 Å². The molecular weight excluding hydrogens is 704 g/mol. The fourth-order valence-corrected chi connectivity index (χ4v) is 4.11. The first kappa shape index (κ1) is 36.4. The van der Waals surface area contributed by atoms with Crippen LogP contribution in [0.2, 0.25) is 0 Å². The number of aryl methyl sites for hydroxylation is 1. The van der Waals surface area contributed by atoms with Gasteiger partial charge in [-0.2, -0.15) is 70.2 Å². The molecule has 0 spiro atoms. The number of benzene rings is 1. The van der Waals surface area contributed by atoms with E-state index in [1.165, 1.54) is 30.3 Å². The normalized spacial score (nSPS) is 14.2. The average molecular weight is 718 g/mol. The highest BCUT2D eigenvalue weighted by Gasteiger charge is 2.90. The van der Waals surface area contributed by atoms with Crippen molar-refractivity contribution in [1.29, 1.82) is 0 Å². The maximum atomic E-state index is 14.2. The van der Waals surface area contributed by atoms with Crippen molar-refractivity contribution in [2.24, 2.45) is 0 Å². The van der Waals surface area contributed by atoms with Crippen LogP contribution >= 0.6 is 0 Å². The lowest BCUT2D eigenvalue weighted by molar-refractivity contribution is -0.440. The van der Waals surface area contributed by atoms with Gasteiger partial charge in [0.05, 0.1) is 18.1 Å². The number of halogens is 16. The monoisotopic (exact) mass is 718 g/mol. The van der Waals surface area contributed by atoms with Crippen LogP contribution in [0.15, 0.2) is 53.5 Å². The van der Waals surface area contributed by atoms with E-state index >= 15 is 0 Å². The number of alkyl halides is 16. The van der Waals surface area contributed by atoms with Crippen LogP contribution in [0.25, 0.3) is 22.4 Å². The van der Waals surface area contributed by atoms with Crippen molar-refractivity contribution < 1.29 is 70.2 Å². The number of hydrogen-bond acceptors (Lipinski definition) is 5. The van der Waals surface area contributed by atoms with Crippen LogP contribution in [0.4, 0.5) is 70.2 Å². The molecule has 4 aromatic rings. The molecule has 0 radical (unpaired) electrons. The molecule has 0 N–H and O–H groups in total. The van der Waals surface area contributed by atoms with Gasteiger partial charge in [0.1, 0.15) is 17.2 Å². The maximum absolute atomic E-state index is 14.2. The molecule has 0 aliphatic carbocycles. The lowest BCUT2D eigenvalue weighted by atomic mass is 9.92. The Morgan fingerprint density at radius 1 is 0.667 bits per heavy atom. The summed E-state index contributed by atoms with van der Waals surface area (Å²) in [5, 5.41) is 6.25. The molecule has 0 atom stereocenters. The van der Waals surface area contributed by atoms with E-state index < -0.39 is 83.8 Å². The molecule has 0 bridgehead atoms. The zero-order chi connectivity index (χ0) is 36.3. The Labute approximate surface area is 254 Å². The lowest BCUT2D eigenvalue weighted by Gasteiger charge is -2.39.